The molecule has 1 aliphatic rings. The molecule has 1 aliphatic carbocycles. The minimum atomic E-state index is -0.0296. The van der Waals surface area contributed by atoms with Crippen molar-refractivity contribution < 1.29 is 9.53 Å². The predicted octanol–water partition coefficient (Wildman–Crippen LogP) is 1.95. The second-order valence-electron chi connectivity index (χ2n) is 4.83. The molecule has 0 N–H and O–H groups in total. The molecule has 0 aliphatic heterocycles. The molecule has 1 rings (SSSR count). The number of rotatable bonds is 5. The summed E-state index contributed by atoms with van der Waals surface area (Å²) in [5.74, 6) is 0.527. The lowest BCUT2D eigenvalue weighted by Crippen LogP contribution is -2.34. The largest absolute Gasteiger partial charge is 0.368 e. The summed E-state index contributed by atoms with van der Waals surface area (Å²) < 4.78 is 5.68. The summed E-state index contributed by atoms with van der Waals surface area (Å²) >= 11 is 0. The molecule has 0 saturated heterocycles. The highest BCUT2D eigenvalue weighted by molar-refractivity contribution is 5.77. The Morgan fingerprint density at radius 3 is 2.82 bits per heavy atom. The van der Waals surface area contributed by atoms with E-state index in [1.807, 2.05) is 6.07 Å². The molecule has 0 radical (unpaired) electrons. The van der Waals surface area contributed by atoms with Crippen molar-refractivity contribution in [3.05, 3.63) is 0 Å². The SMILES string of the molecule is CC1CCCCC1OCC(=O)N(C)CCC#N. The first kappa shape index (κ1) is 14.0. The maximum atomic E-state index is 11.7. The molecular formula is C13H22N2O2. The van der Waals surface area contributed by atoms with Crippen molar-refractivity contribution in [2.45, 2.75) is 45.1 Å². The summed E-state index contributed by atoms with van der Waals surface area (Å²) in [4.78, 5) is 13.3. The van der Waals surface area contributed by atoms with Gasteiger partial charge in [0, 0.05) is 13.6 Å². The van der Waals surface area contributed by atoms with Crippen LogP contribution in [-0.2, 0) is 9.53 Å². The van der Waals surface area contributed by atoms with Gasteiger partial charge in [0.1, 0.15) is 6.61 Å². The third-order valence-corrected chi connectivity index (χ3v) is 3.44. The number of hydrogen-bond acceptors (Lipinski definition) is 3. The van der Waals surface area contributed by atoms with Crippen LogP contribution in [0.2, 0.25) is 0 Å². The molecule has 1 saturated carbocycles. The minimum absolute atomic E-state index is 0.0296. The third-order valence-electron chi connectivity index (χ3n) is 3.44. The van der Waals surface area contributed by atoms with Crippen LogP contribution in [0.5, 0.6) is 0 Å². The first-order valence-corrected chi connectivity index (χ1v) is 6.37. The van der Waals surface area contributed by atoms with Gasteiger partial charge in [-0.15, -0.1) is 0 Å². The van der Waals surface area contributed by atoms with E-state index in [0.29, 0.717) is 18.9 Å². The zero-order valence-electron chi connectivity index (χ0n) is 10.8. The van der Waals surface area contributed by atoms with Crippen LogP contribution in [0.1, 0.15) is 39.0 Å². The minimum Gasteiger partial charge on any atom is -0.368 e. The summed E-state index contributed by atoms with van der Waals surface area (Å²) in [5, 5.41) is 8.45. The third kappa shape index (κ3) is 4.74. The van der Waals surface area contributed by atoms with Gasteiger partial charge in [-0.1, -0.05) is 19.8 Å². The van der Waals surface area contributed by atoms with Gasteiger partial charge in [-0.2, -0.15) is 5.26 Å². The molecular weight excluding hydrogens is 216 g/mol. The van der Waals surface area contributed by atoms with Crippen LogP contribution in [0.15, 0.2) is 0 Å². The smallest absolute Gasteiger partial charge is 0.248 e. The van der Waals surface area contributed by atoms with Crippen LogP contribution in [0.25, 0.3) is 0 Å². The van der Waals surface area contributed by atoms with Crippen LogP contribution in [-0.4, -0.2) is 37.1 Å². The van der Waals surface area contributed by atoms with Crippen molar-refractivity contribution in [1.29, 1.82) is 5.26 Å². The normalized spacial score (nSPS) is 24.1. The van der Waals surface area contributed by atoms with E-state index in [1.54, 1.807) is 11.9 Å². The standard InChI is InChI=1S/C13H22N2O2/c1-11-6-3-4-7-12(11)17-10-13(16)15(2)9-5-8-14/h11-12H,3-7,9-10H2,1-2H3. The van der Waals surface area contributed by atoms with Crippen molar-refractivity contribution in [1.82, 2.24) is 4.90 Å². The van der Waals surface area contributed by atoms with E-state index in [2.05, 4.69) is 6.92 Å². The van der Waals surface area contributed by atoms with Gasteiger partial charge < -0.3 is 9.64 Å². The van der Waals surface area contributed by atoms with E-state index in [1.165, 1.54) is 19.3 Å². The first-order chi connectivity index (χ1) is 8.15. The number of hydrogen-bond donors (Lipinski definition) is 0. The van der Waals surface area contributed by atoms with E-state index in [0.717, 1.165) is 6.42 Å². The molecule has 0 heterocycles. The average molecular weight is 238 g/mol. The molecule has 0 aromatic heterocycles. The highest BCUT2D eigenvalue weighted by Gasteiger charge is 2.23. The summed E-state index contributed by atoms with van der Waals surface area (Å²) in [5.41, 5.74) is 0. The van der Waals surface area contributed by atoms with Crippen LogP contribution in [0, 0.1) is 17.2 Å². The second kappa shape index (κ2) is 7.29. The fraction of sp³-hybridized carbons (Fsp3) is 0.846. The number of ether oxygens (including phenoxy) is 1. The second-order valence-corrected chi connectivity index (χ2v) is 4.83. The molecule has 2 atom stereocenters. The van der Waals surface area contributed by atoms with E-state index in [4.69, 9.17) is 10.00 Å². The highest BCUT2D eigenvalue weighted by atomic mass is 16.5. The number of amides is 1. The van der Waals surface area contributed by atoms with E-state index in [-0.39, 0.29) is 18.6 Å². The quantitative estimate of drug-likeness (QED) is 0.735. The van der Waals surface area contributed by atoms with Crippen molar-refractivity contribution in [2.75, 3.05) is 20.2 Å². The Hall–Kier alpha value is -1.08. The van der Waals surface area contributed by atoms with Gasteiger partial charge >= 0.3 is 0 Å². The molecule has 1 fully saturated rings. The fourth-order valence-electron chi connectivity index (χ4n) is 2.16. The van der Waals surface area contributed by atoms with Crippen molar-refractivity contribution in [2.24, 2.45) is 5.92 Å². The molecule has 2 unspecified atom stereocenters. The molecule has 17 heavy (non-hydrogen) atoms. The molecule has 1 amide bonds. The maximum absolute atomic E-state index is 11.7. The number of likely N-dealkylation sites (N-methyl/N-ethyl adjacent to an activating group) is 1. The van der Waals surface area contributed by atoms with E-state index in [9.17, 15) is 4.79 Å². The van der Waals surface area contributed by atoms with E-state index >= 15 is 0 Å². The van der Waals surface area contributed by atoms with Crippen LogP contribution >= 0.6 is 0 Å². The lowest BCUT2D eigenvalue weighted by Gasteiger charge is -2.29. The fourth-order valence-corrected chi connectivity index (χ4v) is 2.16. The monoisotopic (exact) mass is 238 g/mol. The molecule has 0 aromatic carbocycles. The molecule has 4 heteroatoms. The topological polar surface area (TPSA) is 53.3 Å². The zero-order valence-corrected chi connectivity index (χ0v) is 10.8. The average Bonchev–Trinajstić information content (AvgIpc) is 2.34. The number of nitrogens with zero attached hydrogens (tertiary/aromatic N) is 2. The molecule has 0 spiro atoms. The first-order valence-electron chi connectivity index (χ1n) is 6.37. The Morgan fingerprint density at radius 2 is 2.18 bits per heavy atom. The van der Waals surface area contributed by atoms with Crippen LogP contribution in [0.4, 0.5) is 0 Å². The van der Waals surface area contributed by atoms with Gasteiger partial charge in [-0.3, -0.25) is 4.79 Å². The molecule has 4 nitrogen and oxygen atoms in total. The van der Waals surface area contributed by atoms with E-state index < -0.39 is 0 Å². The Bertz CT molecular complexity index is 286. The van der Waals surface area contributed by atoms with Gasteiger partial charge in [-0.05, 0) is 18.8 Å². The van der Waals surface area contributed by atoms with Gasteiger partial charge in [0.2, 0.25) is 5.91 Å². The summed E-state index contributed by atoms with van der Waals surface area (Å²) in [6.45, 7) is 2.82. The highest BCUT2D eigenvalue weighted by Crippen LogP contribution is 2.26. The van der Waals surface area contributed by atoms with Crippen molar-refractivity contribution in [3.63, 3.8) is 0 Å². The Labute approximate surface area is 104 Å². The molecule has 96 valence electrons. The van der Waals surface area contributed by atoms with Crippen molar-refractivity contribution >= 4 is 5.91 Å². The lowest BCUT2D eigenvalue weighted by molar-refractivity contribution is -0.138. The Morgan fingerprint density at radius 1 is 1.47 bits per heavy atom. The lowest BCUT2D eigenvalue weighted by atomic mass is 9.88. The maximum Gasteiger partial charge on any atom is 0.248 e. The summed E-state index contributed by atoms with van der Waals surface area (Å²) in [6.07, 6.45) is 5.35. The van der Waals surface area contributed by atoms with Gasteiger partial charge in [-0.25, -0.2) is 0 Å². The predicted molar refractivity (Wildman–Crippen MR) is 65.2 cm³/mol. The van der Waals surface area contributed by atoms with Gasteiger partial charge in [0.25, 0.3) is 0 Å². The number of carbonyl (C=O) groups excluding carboxylic acids is 1. The zero-order chi connectivity index (χ0) is 12.7. The van der Waals surface area contributed by atoms with Gasteiger partial charge in [0.15, 0.2) is 0 Å². The summed E-state index contributed by atoms with van der Waals surface area (Å²) in [7, 11) is 1.72. The number of nitriles is 1. The number of carbonyl (C=O) groups is 1. The molecule has 0 bridgehead atoms. The Kier molecular flexibility index (Phi) is 5.99. The van der Waals surface area contributed by atoms with Crippen LogP contribution in [0.3, 0.4) is 0 Å². The Balaban J connectivity index is 2.24. The summed E-state index contributed by atoms with van der Waals surface area (Å²) in [6, 6.07) is 2.03. The van der Waals surface area contributed by atoms with Crippen LogP contribution < -0.4 is 0 Å². The van der Waals surface area contributed by atoms with Gasteiger partial charge in [0.05, 0.1) is 18.6 Å². The molecule has 0 aromatic rings. The van der Waals surface area contributed by atoms with Crippen molar-refractivity contribution in [3.8, 4) is 6.07 Å².